The summed E-state index contributed by atoms with van der Waals surface area (Å²) in [6, 6.07) is 11.7. The van der Waals surface area contributed by atoms with E-state index in [1.165, 1.54) is 23.0 Å². The molecule has 1 unspecified atom stereocenters. The first kappa shape index (κ1) is 30.0. The molecule has 3 rings (SSSR count). The van der Waals surface area contributed by atoms with E-state index in [0.29, 0.717) is 16.8 Å². The van der Waals surface area contributed by atoms with Gasteiger partial charge in [-0.1, -0.05) is 24.3 Å². The molecule has 1 fully saturated rings. The van der Waals surface area contributed by atoms with Gasteiger partial charge >= 0.3 is 12.2 Å². The number of ether oxygens (including phenoxy) is 3. The zero-order chi connectivity index (χ0) is 27.6. The van der Waals surface area contributed by atoms with Gasteiger partial charge in [0.25, 0.3) is 0 Å². The summed E-state index contributed by atoms with van der Waals surface area (Å²) < 4.78 is 43.4. The Bertz CT molecular complexity index is 1030. The molecule has 1 aliphatic heterocycles. The average Bonchev–Trinajstić information content (AvgIpc) is 3.22. The van der Waals surface area contributed by atoms with E-state index in [-0.39, 0.29) is 32.7 Å². The Labute approximate surface area is 216 Å². The van der Waals surface area contributed by atoms with Crippen LogP contribution in [0.3, 0.4) is 0 Å². The molecule has 0 spiro atoms. The number of alkyl halides is 1. The summed E-state index contributed by atoms with van der Waals surface area (Å²) in [6.45, 7) is 5.83. The zero-order valence-corrected chi connectivity index (χ0v) is 22.0. The van der Waals surface area contributed by atoms with Gasteiger partial charge in [-0.05, 0) is 56.5 Å². The fourth-order valence-corrected chi connectivity index (χ4v) is 3.73. The summed E-state index contributed by atoms with van der Waals surface area (Å²) in [5.41, 5.74) is 1.58. The number of methoxy groups -OCH3 is 1. The minimum atomic E-state index is -0.658. The summed E-state index contributed by atoms with van der Waals surface area (Å²) in [5.74, 6) is -0.475. The molecule has 1 atom stereocenters. The lowest BCUT2D eigenvalue weighted by molar-refractivity contribution is 0.0228. The van der Waals surface area contributed by atoms with Gasteiger partial charge < -0.3 is 24.2 Å². The minimum absolute atomic E-state index is 0.214. The summed E-state index contributed by atoms with van der Waals surface area (Å²) in [4.78, 5) is 27.5. The number of hydrogen-bond donors (Lipinski definition) is 1. The molecule has 2 aromatic rings. The van der Waals surface area contributed by atoms with E-state index >= 15 is 0 Å². The van der Waals surface area contributed by atoms with Gasteiger partial charge in [-0.3, -0.25) is 9.29 Å². The lowest BCUT2D eigenvalue weighted by atomic mass is 10.0. The van der Waals surface area contributed by atoms with Crippen LogP contribution in [0.5, 0.6) is 0 Å². The van der Waals surface area contributed by atoms with Gasteiger partial charge in [0, 0.05) is 32.9 Å². The molecule has 1 saturated heterocycles. The van der Waals surface area contributed by atoms with Crippen LogP contribution in [0.25, 0.3) is 11.1 Å². The van der Waals surface area contributed by atoms with E-state index in [2.05, 4.69) is 0 Å². The number of halogens is 2. The van der Waals surface area contributed by atoms with Crippen LogP contribution in [0.2, 0.25) is 0 Å². The Kier molecular flexibility index (Phi) is 11.3. The summed E-state index contributed by atoms with van der Waals surface area (Å²) in [7, 11) is 2.52. The lowest BCUT2D eigenvalue weighted by Gasteiger charge is -2.27. The molecular weight excluding hydrogens is 486 g/mol. The largest absolute Gasteiger partial charge is 0.444 e. The van der Waals surface area contributed by atoms with Gasteiger partial charge in [0.1, 0.15) is 17.5 Å². The third kappa shape index (κ3) is 8.68. The highest BCUT2D eigenvalue weighted by Crippen LogP contribution is 2.29. The van der Waals surface area contributed by atoms with E-state index in [0.717, 1.165) is 12.7 Å². The number of amides is 2. The van der Waals surface area contributed by atoms with Gasteiger partial charge in [0.15, 0.2) is 0 Å². The first-order valence-electron chi connectivity index (χ1n) is 12.0. The number of nitrogens with zero attached hydrogens (tertiary/aromatic N) is 2. The molecular formula is C27H36F2N2O6. The second-order valence-corrected chi connectivity index (χ2v) is 9.38. The molecule has 0 bridgehead atoms. The second-order valence-electron chi connectivity index (χ2n) is 9.38. The van der Waals surface area contributed by atoms with Gasteiger partial charge in [0.05, 0.1) is 25.5 Å². The van der Waals surface area contributed by atoms with Crippen LogP contribution in [0, 0.1) is 5.82 Å². The number of rotatable bonds is 9. The Morgan fingerprint density at radius 3 is 2.43 bits per heavy atom. The quantitative estimate of drug-likeness (QED) is 0.489. The topological polar surface area (TPSA) is 88.5 Å². The van der Waals surface area contributed by atoms with E-state index in [1.54, 1.807) is 57.2 Å². The molecule has 0 aliphatic carbocycles. The van der Waals surface area contributed by atoms with Crippen molar-refractivity contribution in [2.24, 2.45) is 0 Å². The third-order valence-corrected chi connectivity index (χ3v) is 5.34. The van der Waals surface area contributed by atoms with Crippen molar-refractivity contribution in [3.63, 3.8) is 0 Å². The van der Waals surface area contributed by atoms with Crippen molar-refractivity contribution in [3.8, 4) is 11.1 Å². The van der Waals surface area contributed by atoms with Crippen molar-refractivity contribution < 1.29 is 37.7 Å². The molecule has 0 saturated carbocycles. The first-order valence-corrected chi connectivity index (χ1v) is 12.0. The van der Waals surface area contributed by atoms with Crippen molar-refractivity contribution in [1.29, 1.82) is 0 Å². The number of anilines is 1. The van der Waals surface area contributed by atoms with Crippen LogP contribution < -0.4 is 4.90 Å². The smallest absolute Gasteiger partial charge is 0.414 e. The number of aliphatic hydroxyl groups excluding tert-OH is 1. The molecule has 1 heterocycles. The van der Waals surface area contributed by atoms with Crippen molar-refractivity contribution in [3.05, 3.63) is 53.8 Å². The maximum absolute atomic E-state index is 15.0. The Morgan fingerprint density at radius 2 is 1.86 bits per heavy atom. The lowest BCUT2D eigenvalue weighted by Crippen LogP contribution is -2.37. The molecule has 8 nitrogen and oxygen atoms in total. The SMILES string of the molecule is CO.COCC1CN(c2ccc(-c3ccc(CN(CCCF)C(=O)OC(C)(C)C)cc3)c(F)c2)C(=O)O1. The number of cyclic esters (lactones) is 1. The Hall–Kier alpha value is -3.24. The number of benzene rings is 2. The van der Waals surface area contributed by atoms with Crippen LogP contribution in [0.4, 0.5) is 24.1 Å². The van der Waals surface area contributed by atoms with Crippen molar-refractivity contribution in [1.82, 2.24) is 4.90 Å². The van der Waals surface area contributed by atoms with E-state index < -0.39 is 36.4 Å². The van der Waals surface area contributed by atoms with Gasteiger partial charge in [-0.25, -0.2) is 14.0 Å². The number of hydrogen-bond acceptors (Lipinski definition) is 6. The second kappa shape index (κ2) is 13.9. The highest BCUT2D eigenvalue weighted by atomic mass is 19.1. The predicted octanol–water partition coefficient (Wildman–Crippen LogP) is 5.17. The number of carbonyl (C=O) groups is 2. The van der Waals surface area contributed by atoms with Crippen LogP contribution in [0.15, 0.2) is 42.5 Å². The molecule has 2 amide bonds. The highest BCUT2D eigenvalue weighted by Gasteiger charge is 2.32. The number of carbonyl (C=O) groups excluding carboxylic acids is 2. The van der Waals surface area contributed by atoms with E-state index in [9.17, 15) is 18.4 Å². The first-order chi connectivity index (χ1) is 17.6. The Balaban J connectivity index is 0.00000235. The van der Waals surface area contributed by atoms with Crippen LogP contribution in [0.1, 0.15) is 32.8 Å². The van der Waals surface area contributed by atoms with Gasteiger partial charge in [0.2, 0.25) is 0 Å². The van der Waals surface area contributed by atoms with E-state index in [4.69, 9.17) is 19.3 Å². The molecule has 1 aliphatic rings. The maximum atomic E-state index is 15.0. The molecule has 0 aromatic heterocycles. The average molecular weight is 523 g/mol. The van der Waals surface area contributed by atoms with Gasteiger partial charge in [-0.15, -0.1) is 0 Å². The molecule has 37 heavy (non-hydrogen) atoms. The fourth-order valence-electron chi connectivity index (χ4n) is 3.73. The van der Waals surface area contributed by atoms with Crippen molar-refractivity contribution >= 4 is 17.9 Å². The minimum Gasteiger partial charge on any atom is -0.444 e. The van der Waals surface area contributed by atoms with Crippen molar-refractivity contribution in [2.75, 3.05) is 45.5 Å². The maximum Gasteiger partial charge on any atom is 0.414 e. The fraction of sp³-hybridized carbons (Fsp3) is 0.481. The standard InChI is InChI=1S/C26H32F2N2O5.CH4O/c1-26(2,3)35-24(31)29(13-5-12-27)15-18-6-8-19(9-7-18)22-11-10-20(14-23(22)28)30-16-21(17-33-4)34-25(30)32;1-2/h6-11,14,21H,5,12-13,15-17H2,1-4H3;2H,1H3. The van der Waals surface area contributed by atoms with Crippen molar-refractivity contribution in [2.45, 2.75) is 45.4 Å². The van der Waals surface area contributed by atoms with Gasteiger partial charge in [-0.2, -0.15) is 0 Å². The van der Waals surface area contributed by atoms with E-state index in [1.807, 2.05) is 0 Å². The zero-order valence-electron chi connectivity index (χ0n) is 22.0. The predicted molar refractivity (Wildman–Crippen MR) is 137 cm³/mol. The highest BCUT2D eigenvalue weighted by molar-refractivity contribution is 5.90. The third-order valence-electron chi connectivity index (χ3n) is 5.34. The summed E-state index contributed by atoms with van der Waals surface area (Å²) >= 11 is 0. The molecule has 204 valence electrons. The number of aliphatic hydroxyl groups is 1. The molecule has 2 aromatic carbocycles. The van der Waals surface area contributed by atoms with Crippen LogP contribution in [-0.2, 0) is 20.8 Å². The molecule has 0 radical (unpaired) electrons. The summed E-state index contributed by atoms with van der Waals surface area (Å²) in [5, 5.41) is 7.00. The summed E-state index contributed by atoms with van der Waals surface area (Å²) in [6.07, 6.45) is -1.23. The normalized spacial score (nSPS) is 15.1. The monoisotopic (exact) mass is 522 g/mol. The molecule has 1 N–H and O–H groups in total. The molecule has 10 heteroatoms. The van der Waals surface area contributed by atoms with Crippen LogP contribution in [-0.4, -0.2) is 74.5 Å². The van der Waals surface area contributed by atoms with Crippen LogP contribution >= 0.6 is 0 Å². The Morgan fingerprint density at radius 1 is 1.19 bits per heavy atom.